The second-order valence-corrected chi connectivity index (χ2v) is 7.30. The van der Waals surface area contributed by atoms with E-state index in [-0.39, 0.29) is 6.04 Å². The first-order valence-corrected chi connectivity index (χ1v) is 8.62. The molecule has 0 saturated heterocycles. The highest BCUT2D eigenvalue weighted by Gasteiger charge is 2.38. The molecule has 3 aromatic heterocycles. The Labute approximate surface area is 149 Å². The minimum Gasteiger partial charge on any atom is -0.390 e. The average molecular weight is 349 g/mol. The summed E-state index contributed by atoms with van der Waals surface area (Å²) in [6, 6.07) is 8.34. The van der Waals surface area contributed by atoms with Gasteiger partial charge >= 0.3 is 0 Å². The number of nitrogens with one attached hydrogen (secondary N) is 1. The van der Waals surface area contributed by atoms with Crippen LogP contribution >= 0.6 is 0 Å². The smallest absolute Gasteiger partial charge is 0.241 e. The summed E-state index contributed by atoms with van der Waals surface area (Å²) in [7, 11) is 1.88. The Morgan fingerprint density at radius 1 is 1.23 bits per heavy atom. The third-order valence-corrected chi connectivity index (χ3v) is 5.04. The summed E-state index contributed by atoms with van der Waals surface area (Å²) in [4.78, 5) is 4.45. The summed E-state index contributed by atoms with van der Waals surface area (Å²) in [5, 5.41) is 25.8. The lowest BCUT2D eigenvalue weighted by Crippen LogP contribution is -2.48. The van der Waals surface area contributed by atoms with E-state index in [1.165, 1.54) is 0 Å². The first-order valence-electron chi connectivity index (χ1n) is 8.62. The van der Waals surface area contributed by atoms with E-state index >= 15 is 0 Å². The van der Waals surface area contributed by atoms with Crippen molar-refractivity contribution in [1.29, 1.82) is 0 Å². The van der Waals surface area contributed by atoms with Crippen LogP contribution in [0.25, 0.3) is 27.7 Å². The highest BCUT2D eigenvalue weighted by molar-refractivity contribution is 5.87. The Kier molecular flexibility index (Phi) is 3.08. The first-order chi connectivity index (χ1) is 12.5. The van der Waals surface area contributed by atoms with Gasteiger partial charge in [0.15, 0.2) is 0 Å². The maximum absolute atomic E-state index is 9.85. The quantitative estimate of drug-likeness (QED) is 0.588. The van der Waals surface area contributed by atoms with Gasteiger partial charge in [0.25, 0.3) is 0 Å². The predicted molar refractivity (Wildman–Crippen MR) is 97.8 cm³/mol. The van der Waals surface area contributed by atoms with Crippen LogP contribution in [0, 0.1) is 0 Å². The molecule has 0 unspecified atom stereocenters. The molecular weight excluding hydrogens is 330 g/mol. The van der Waals surface area contributed by atoms with E-state index in [9.17, 15) is 5.11 Å². The van der Waals surface area contributed by atoms with Crippen LogP contribution in [-0.2, 0) is 7.05 Å². The minimum absolute atomic E-state index is 0.220. The van der Waals surface area contributed by atoms with Gasteiger partial charge in [-0.3, -0.25) is 0 Å². The van der Waals surface area contributed by atoms with Crippen LogP contribution in [0.15, 0.2) is 36.7 Å². The zero-order valence-electron chi connectivity index (χ0n) is 14.6. The summed E-state index contributed by atoms with van der Waals surface area (Å²) < 4.78 is 3.59. The molecule has 1 aliphatic carbocycles. The monoisotopic (exact) mass is 349 g/mol. The van der Waals surface area contributed by atoms with Crippen LogP contribution in [0.5, 0.6) is 0 Å². The van der Waals surface area contributed by atoms with E-state index < -0.39 is 5.60 Å². The van der Waals surface area contributed by atoms with Crippen molar-refractivity contribution in [3.8, 4) is 11.1 Å². The van der Waals surface area contributed by atoms with Crippen molar-refractivity contribution in [2.45, 2.75) is 31.4 Å². The Bertz CT molecular complexity index is 1120. The fourth-order valence-electron chi connectivity index (χ4n) is 3.70. The predicted octanol–water partition coefficient (Wildman–Crippen LogP) is 2.00. The summed E-state index contributed by atoms with van der Waals surface area (Å²) in [5.74, 6) is 0.575. The Morgan fingerprint density at radius 3 is 2.88 bits per heavy atom. The molecule has 0 amide bonds. The number of benzene rings is 1. The van der Waals surface area contributed by atoms with Crippen molar-refractivity contribution in [3.05, 3.63) is 36.7 Å². The van der Waals surface area contributed by atoms with E-state index in [1.54, 1.807) is 4.68 Å². The van der Waals surface area contributed by atoms with E-state index in [0.717, 1.165) is 27.7 Å². The molecule has 4 aromatic rings. The lowest BCUT2D eigenvalue weighted by molar-refractivity contribution is -0.0236. The van der Waals surface area contributed by atoms with Gasteiger partial charge in [-0.2, -0.15) is 0 Å². The molecule has 132 valence electrons. The molecule has 26 heavy (non-hydrogen) atoms. The van der Waals surface area contributed by atoms with Gasteiger partial charge in [0, 0.05) is 24.8 Å². The van der Waals surface area contributed by atoms with Gasteiger partial charge in [-0.15, -0.1) is 10.2 Å². The van der Waals surface area contributed by atoms with E-state index in [1.807, 2.05) is 49.1 Å². The molecule has 0 bridgehead atoms. The molecule has 2 N–H and O–H groups in total. The van der Waals surface area contributed by atoms with Crippen LogP contribution in [0.3, 0.4) is 0 Å². The third kappa shape index (κ3) is 2.41. The van der Waals surface area contributed by atoms with Gasteiger partial charge in [-0.25, -0.2) is 14.2 Å². The molecule has 1 fully saturated rings. The van der Waals surface area contributed by atoms with Gasteiger partial charge in [0.2, 0.25) is 5.95 Å². The number of hydrogen-bond donors (Lipinski definition) is 2. The van der Waals surface area contributed by atoms with Gasteiger partial charge in [-0.1, -0.05) is 11.3 Å². The number of aromatic nitrogens is 6. The fraction of sp³-hybridized carbons (Fsp3) is 0.333. The van der Waals surface area contributed by atoms with E-state index in [2.05, 4.69) is 31.8 Å². The molecule has 5 rings (SSSR count). The Morgan fingerprint density at radius 2 is 2.08 bits per heavy atom. The SMILES string of the molecule is Cn1nnc2ccc(-c3ccn4nc(N[C@H]5C[C@@](C)(O)C5)ncc34)cc21. The molecule has 0 radical (unpaired) electrons. The summed E-state index contributed by atoms with van der Waals surface area (Å²) in [5.41, 5.74) is 4.36. The number of fused-ring (bicyclic) bond motifs is 2. The molecule has 0 aliphatic heterocycles. The van der Waals surface area contributed by atoms with Gasteiger partial charge in [0.1, 0.15) is 5.52 Å². The summed E-state index contributed by atoms with van der Waals surface area (Å²) in [6.45, 7) is 1.85. The van der Waals surface area contributed by atoms with Crippen molar-refractivity contribution < 1.29 is 5.11 Å². The third-order valence-electron chi connectivity index (χ3n) is 5.04. The minimum atomic E-state index is -0.568. The molecule has 3 heterocycles. The van der Waals surface area contributed by atoms with Crippen LogP contribution in [-0.4, -0.2) is 46.3 Å². The number of anilines is 1. The van der Waals surface area contributed by atoms with Gasteiger partial charge < -0.3 is 10.4 Å². The van der Waals surface area contributed by atoms with E-state index in [0.29, 0.717) is 18.8 Å². The number of nitrogens with zero attached hydrogens (tertiary/aromatic N) is 6. The average Bonchev–Trinajstić information content (AvgIpc) is 3.16. The first kappa shape index (κ1) is 15.3. The molecule has 1 aliphatic rings. The molecule has 8 heteroatoms. The Balaban J connectivity index is 1.48. The summed E-state index contributed by atoms with van der Waals surface area (Å²) >= 11 is 0. The van der Waals surface area contributed by atoms with Gasteiger partial charge in [0.05, 0.1) is 22.8 Å². The normalized spacial score (nSPS) is 22.7. The summed E-state index contributed by atoms with van der Waals surface area (Å²) in [6.07, 6.45) is 5.18. The van der Waals surface area contributed by atoms with Gasteiger partial charge in [-0.05, 0) is 43.5 Å². The lowest BCUT2D eigenvalue weighted by Gasteiger charge is -2.41. The van der Waals surface area contributed by atoms with Crippen molar-refractivity contribution in [2.75, 3.05) is 5.32 Å². The van der Waals surface area contributed by atoms with E-state index in [4.69, 9.17) is 0 Å². The zero-order chi connectivity index (χ0) is 17.9. The zero-order valence-corrected chi connectivity index (χ0v) is 14.6. The number of aryl methyl sites for hydroxylation is 1. The van der Waals surface area contributed by atoms with Crippen LogP contribution < -0.4 is 5.32 Å². The van der Waals surface area contributed by atoms with Crippen LogP contribution in [0.2, 0.25) is 0 Å². The second-order valence-electron chi connectivity index (χ2n) is 7.30. The number of hydrogen-bond acceptors (Lipinski definition) is 6. The molecule has 1 saturated carbocycles. The molecule has 8 nitrogen and oxygen atoms in total. The number of rotatable bonds is 3. The maximum atomic E-state index is 9.85. The molecule has 0 atom stereocenters. The van der Waals surface area contributed by atoms with Crippen molar-refractivity contribution >= 4 is 22.5 Å². The van der Waals surface area contributed by atoms with Crippen LogP contribution in [0.1, 0.15) is 19.8 Å². The van der Waals surface area contributed by atoms with Crippen LogP contribution in [0.4, 0.5) is 5.95 Å². The second kappa shape index (κ2) is 5.25. The van der Waals surface area contributed by atoms with Crippen molar-refractivity contribution in [2.24, 2.45) is 7.05 Å². The number of aliphatic hydroxyl groups is 1. The Hall–Kier alpha value is -3.00. The van der Waals surface area contributed by atoms with Crippen molar-refractivity contribution in [1.82, 2.24) is 29.6 Å². The highest BCUT2D eigenvalue weighted by Crippen LogP contribution is 2.33. The molecular formula is C18H19N7O. The van der Waals surface area contributed by atoms with Crippen molar-refractivity contribution in [3.63, 3.8) is 0 Å². The fourth-order valence-corrected chi connectivity index (χ4v) is 3.70. The maximum Gasteiger partial charge on any atom is 0.241 e. The topological polar surface area (TPSA) is 93.2 Å². The molecule has 1 aromatic carbocycles. The highest BCUT2D eigenvalue weighted by atomic mass is 16.3. The lowest BCUT2D eigenvalue weighted by atomic mass is 9.77. The molecule has 0 spiro atoms. The standard InChI is InChI=1S/C18H19N7O/c1-18(26)8-12(9-18)20-17-19-10-16-13(5-6-25(16)22-17)11-3-4-14-15(7-11)24(2)23-21-14/h3-7,10,12,26H,8-9H2,1-2H3,(H,20,22)/t12-,18+. The largest absolute Gasteiger partial charge is 0.390 e.